The van der Waals surface area contributed by atoms with Crippen LogP contribution in [0.15, 0.2) is 48.5 Å². The first-order valence-electron chi connectivity index (χ1n) is 6.22. The number of hydrogen-bond donors (Lipinski definition) is 1. The predicted octanol–water partition coefficient (Wildman–Crippen LogP) is 4.21. The lowest BCUT2D eigenvalue weighted by molar-refractivity contribution is 0.0695. The Kier molecular flexibility index (Phi) is 4.58. The molecule has 0 heterocycles. The molecule has 2 rings (SSSR count). The van der Waals surface area contributed by atoms with Crippen LogP contribution in [0.1, 0.15) is 27.9 Å². The third kappa shape index (κ3) is 3.83. The number of benzene rings is 2. The van der Waals surface area contributed by atoms with E-state index in [9.17, 15) is 4.79 Å². The molecule has 0 bridgehead atoms. The lowest BCUT2D eigenvalue weighted by atomic mass is 10.00. The summed E-state index contributed by atoms with van der Waals surface area (Å²) < 4.78 is 0. The van der Waals surface area contributed by atoms with Gasteiger partial charge in [0.1, 0.15) is 0 Å². The zero-order chi connectivity index (χ0) is 13.7. The second kappa shape index (κ2) is 6.39. The second-order valence-corrected chi connectivity index (χ2v) is 4.88. The van der Waals surface area contributed by atoms with E-state index in [1.807, 2.05) is 18.2 Å². The Balaban J connectivity index is 2.03. The largest absolute Gasteiger partial charge is 0.478 e. The highest BCUT2D eigenvalue weighted by molar-refractivity contribution is 6.30. The van der Waals surface area contributed by atoms with Crippen LogP contribution >= 0.6 is 11.6 Å². The summed E-state index contributed by atoms with van der Waals surface area (Å²) in [5.41, 5.74) is 2.41. The summed E-state index contributed by atoms with van der Waals surface area (Å²) in [7, 11) is 0. The standard InChI is InChI=1S/C16H15ClO2/c17-14-9-10-15(16(18)19)13(11-14)8-4-7-12-5-2-1-3-6-12/h1-3,5-6,9-11H,4,7-8H2,(H,18,19). The summed E-state index contributed by atoms with van der Waals surface area (Å²) in [5, 5.41) is 9.71. The van der Waals surface area contributed by atoms with Gasteiger partial charge < -0.3 is 5.11 Å². The Hall–Kier alpha value is -1.80. The number of hydrogen-bond acceptors (Lipinski definition) is 1. The quantitative estimate of drug-likeness (QED) is 0.887. The molecule has 98 valence electrons. The van der Waals surface area contributed by atoms with Crippen molar-refractivity contribution in [2.75, 3.05) is 0 Å². The Morgan fingerprint density at radius 1 is 1.05 bits per heavy atom. The summed E-state index contributed by atoms with van der Waals surface area (Å²) in [6.07, 6.45) is 2.56. The Morgan fingerprint density at radius 2 is 1.79 bits per heavy atom. The van der Waals surface area contributed by atoms with Crippen LogP contribution in [0.4, 0.5) is 0 Å². The van der Waals surface area contributed by atoms with Crippen LogP contribution in [0.2, 0.25) is 5.02 Å². The summed E-state index contributed by atoms with van der Waals surface area (Å²) >= 11 is 5.92. The monoisotopic (exact) mass is 274 g/mol. The average Bonchev–Trinajstić information content (AvgIpc) is 2.39. The molecule has 0 saturated carbocycles. The van der Waals surface area contributed by atoms with E-state index < -0.39 is 5.97 Å². The SMILES string of the molecule is O=C(O)c1ccc(Cl)cc1CCCc1ccccc1. The van der Waals surface area contributed by atoms with Crippen molar-refractivity contribution in [1.29, 1.82) is 0 Å². The number of carbonyl (C=O) groups is 1. The van der Waals surface area contributed by atoms with Crippen LogP contribution < -0.4 is 0 Å². The first-order valence-corrected chi connectivity index (χ1v) is 6.60. The van der Waals surface area contributed by atoms with Gasteiger partial charge in [0.05, 0.1) is 5.56 Å². The molecule has 0 unspecified atom stereocenters. The highest BCUT2D eigenvalue weighted by Gasteiger charge is 2.10. The van der Waals surface area contributed by atoms with Crippen molar-refractivity contribution >= 4 is 17.6 Å². The van der Waals surface area contributed by atoms with Crippen molar-refractivity contribution in [1.82, 2.24) is 0 Å². The molecule has 2 nitrogen and oxygen atoms in total. The normalized spacial score (nSPS) is 10.4. The van der Waals surface area contributed by atoms with Gasteiger partial charge in [0.15, 0.2) is 0 Å². The number of aryl methyl sites for hydroxylation is 2. The maximum Gasteiger partial charge on any atom is 0.335 e. The molecule has 0 atom stereocenters. The van der Waals surface area contributed by atoms with E-state index >= 15 is 0 Å². The van der Waals surface area contributed by atoms with Gasteiger partial charge in [-0.25, -0.2) is 4.79 Å². The molecule has 3 heteroatoms. The average molecular weight is 275 g/mol. The van der Waals surface area contributed by atoms with Gasteiger partial charge in [-0.15, -0.1) is 0 Å². The zero-order valence-electron chi connectivity index (χ0n) is 10.5. The van der Waals surface area contributed by atoms with Crippen LogP contribution in [0.5, 0.6) is 0 Å². The molecule has 1 N–H and O–H groups in total. The smallest absolute Gasteiger partial charge is 0.335 e. The Bertz CT molecular complexity index is 564. The zero-order valence-corrected chi connectivity index (χ0v) is 11.2. The lowest BCUT2D eigenvalue weighted by Crippen LogP contribution is -2.03. The molecule has 19 heavy (non-hydrogen) atoms. The van der Waals surface area contributed by atoms with Crippen molar-refractivity contribution in [3.63, 3.8) is 0 Å². The van der Waals surface area contributed by atoms with Crippen molar-refractivity contribution in [3.8, 4) is 0 Å². The van der Waals surface area contributed by atoms with Crippen molar-refractivity contribution in [3.05, 3.63) is 70.2 Å². The third-order valence-electron chi connectivity index (χ3n) is 3.05. The molecule has 0 aliphatic rings. The predicted molar refractivity (Wildman–Crippen MR) is 76.9 cm³/mol. The van der Waals surface area contributed by atoms with Crippen LogP contribution in [-0.4, -0.2) is 11.1 Å². The van der Waals surface area contributed by atoms with E-state index in [1.54, 1.807) is 18.2 Å². The van der Waals surface area contributed by atoms with E-state index in [2.05, 4.69) is 12.1 Å². The molecule has 0 amide bonds. The molecular weight excluding hydrogens is 260 g/mol. The van der Waals surface area contributed by atoms with Crippen LogP contribution in [0.3, 0.4) is 0 Å². The first-order chi connectivity index (χ1) is 9.16. The number of aromatic carboxylic acids is 1. The lowest BCUT2D eigenvalue weighted by Gasteiger charge is -2.07. The molecule has 0 spiro atoms. The molecule has 0 fully saturated rings. The van der Waals surface area contributed by atoms with E-state index in [1.165, 1.54) is 5.56 Å². The van der Waals surface area contributed by atoms with Crippen LogP contribution in [-0.2, 0) is 12.8 Å². The molecule has 0 aliphatic carbocycles. The molecule has 2 aromatic carbocycles. The minimum absolute atomic E-state index is 0.345. The molecule has 0 aliphatic heterocycles. The van der Waals surface area contributed by atoms with Crippen molar-refractivity contribution < 1.29 is 9.90 Å². The van der Waals surface area contributed by atoms with E-state index in [4.69, 9.17) is 16.7 Å². The fraction of sp³-hybridized carbons (Fsp3) is 0.188. The van der Waals surface area contributed by atoms with Crippen LogP contribution in [0.25, 0.3) is 0 Å². The van der Waals surface area contributed by atoms with Gasteiger partial charge in [-0.3, -0.25) is 0 Å². The Morgan fingerprint density at radius 3 is 2.47 bits per heavy atom. The molecule has 0 aromatic heterocycles. The highest BCUT2D eigenvalue weighted by Crippen LogP contribution is 2.18. The summed E-state index contributed by atoms with van der Waals surface area (Å²) in [4.78, 5) is 11.1. The molecule has 0 radical (unpaired) electrons. The highest BCUT2D eigenvalue weighted by atomic mass is 35.5. The minimum Gasteiger partial charge on any atom is -0.478 e. The fourth-order valence-electron chi connectivity index (χ4n) is 2.11. The summed E-state index contributed by atoms with van der Waals surface area (Å²) in [5.74, 6) is -0.897. The molecule has 2 aromatic rings. The maximum absolute atomic E-state index is 11.1. The van der Waals surface area contributed by atoms with Crippen molar-refractivity contribution in [2.45, 2.75) is 19.3 Å². The Labute approximate surface area is 117 Å². The van der Waals surface area contributed by atoms with Gasteiger partial charge in [-0.1, -0.05) is 41.9 Å². The van der Waals surface area contributed by atoms with Gasteiger partial charge in [0.2, 0.25) is 0 Å². The van der Waals surface area contributed by atoms with Gasteiger partial charge in [0, 0.05) is 5.02 Å². The number of rotatable bonds is 5. The first kappa shape index (κ1) is 13.6. The molecular formula is C16H15ClO2. The molecule has 0 saturated heterocycles. The number of carboxylic acid groups (broad SMARTS) is 1. The van der Waals surface area contributed by atoms with Gasteiger partial charge in [0.25, 0.3) is 0 Å². The van der Waals surface area contributed by atoms with Gasteiger partial charge >= 0.3 is 5.97 Å². The maximum atomic E-state index is 11.1. The number of carboxylic acids is 1. The minimum atomic E-state index is -0.897. The van der Waals surface area contributed by atoms with E-state index in [0.29, 0.717) is 10.6 Å². The van der Waals surface area contributed by atoms with Gasteiger partial charge in [-0.2, -0.15) is 0 Å². The van der Waals surface area contributed by atoms with Gasteiger partial charge in [-0.05, 0) is 48.6 Å². The third-order valence-corrected chi connectivity index (χ3v) is 3.29. The topological polar surface area (TPSA) is 37.3 Å². The van der Waals surface area contributed by atoms with Crippen molar-refractivity contribution in [2.24, 2.45) is 0 Å². The van der Waals surface area contributed by atoms with Crippen LogP contribution in [0, 0.1) is 0 Å². The van der Waals surface area contributed by atoms with E-state index in [0.717, 1.165) is 24.8 Å². The second-order valence-electron chi connectivity index (χ2n) is 4.45. The summed E-state index contributed by atoms with van der Waals surface area (Å²) in [6, 6.07) is 15.1. The number of halogens is 1. The fourth-order valence-corrected chi connectivity index (χ4v) is 2.30. The van der Waals surface area contributed by atoms with E-state index in [-0.39, 0.29) is 0 Å². The summed E-state index contributed by atoms with van der Waals surface area (Å²) in [6.45, 7) is 0.